The molecule has 0 aliphatic carbocycles. The second-order valence-electron chi connectivity index (χ2n) is 19.5. The molecule has 0 fully saturated rings. The molecule has 2 aromatic carbocycles. The number of aliphatic carboxylic acids is 1. The highest BCUT2D eigenvalue weighted by molar-refractivity contribution is 5.82. The number of ether oxygens (including phenoxy) is 2. The van der Waals surface area contributed by atoms with E-state index in [1.807, 2.05) is 75.3 Å². The number of benzene rings is 2. The van der Waals surface area contributed by atoms with E-state index in [1.165, 1.54) is 59.8 Å². The number of carboxylic acid groups (broad SMARTS) is 1. The Hall–Kier alpha value is -7.66. The molecule has 0 aliphatic rings. The quantitative estimate of drug-likeness (QED) is 0.0728. The number of carbonyl (C=O) groups is 4. The van der Waals surface area contributed by atoms with Crippen molar-refractivity contribution in [3.63, 3.8) is 0 Å². The van der Waals surface area contributed by atoms with Crippen LogP contribution < -0.4 is 22.2 Å². The molecule has 0 radical (unpaired) electrons. The minimum Gasteiger partial charge on any atom is -0.480 e. The van der Waals surface area contributed by atoms with Gasteiger partial charge in [-0.3, -0.25) is 33.9 Å². The number of hydrogen-bond acceptors (Lipinski definition) is 11. The van der Waals surface area contributed by atoms with E-state index in [-0.39, 0.29) is 66.7 Å². The molecule has 1 unspecified atom stereocenters. The molecule has 0 saturated carbocycles. The van der Waals surface area contributed by atoms with E-state index in [2.05, 4.69) is 20.0 Å². The summed E-state index contributed by atoms with van der Waals surface area (Å²) in [4.78, 5) is 81.5. The molecule has 408 valence electrons. The van der Waals surface area contributed by atoms with E-state index < -0.39 is 36.1 Å². The van der Waals surface area contributed by atoms with Gasteiger partial charge in [0.15, 0.2) is 0 Å². The molecule has 0 saturated heterocycles. The lowest BCUT2D eigenvalue weighted by Crippen LogP contribution is -2.40. The third-order valence-electron chi connectivity index (χ3n) is 12.3. The predicted octanol–water partition coefficient (Wildman–Crippen LogP) is 10.5. The fourth-order valence-electron chi connectivity index (χ4n) is 8.66. The number of esters is 2. The summed E-state index contributed by atoms with van der Waals surface area (Å²) < 4.78 is 39.5. The van der Waals surface area contributed by atoms with E-state index in [4.69, 9.17) is 15.6 Å². The van der Waals surface area contributed by atoms with Gasteiger partial charge in [0.05, 0.1) is 44.5 Å². The molecule has 4 aromatic heterocycles. The van der Waals surface area contributed by atoms with Crippen molar-refractivity contribution in [3.8, 4) is 22.5 Å². The number of amides is 1. The second kappa shape index (κ2) is 28.9. The smallest absolute Gasteiger partial charge is 0.326 e. The normalized spacial score (nSPS) is 12.4. The minimum absolute atomic E-state index is 0. The average Bonchev–Trinajstić information content (AvgIpc) is 3.32. The molecule has 76 heavy (non-hydrogen) atoms. The van der Waals surface area contributed by atoms with Gasteiger partial charge in [-0.05, 0) is 171 Å². The van der Waals surface area contributed by atoms with Crippen LogP contribution in [0, 0.1) is 65.0 Å². The number of nitrogens with two attached hydrogens (primary N) is 1. The van der Waals surface area contributed by atoms with Crippen LogP contribution in [0.2, 0.25) is 0 Å². The van der Waals surface area contributed by atoms with Crippen LogP contribution in [0.25, 0.3) is 22.5 Å². The molecule has 4 N–H and O–H groups in total. The number of aryl methyl sites for hydroxylation is 6. The summed E-state index contributed by atoms with van der Waals surface area (Å²) in [7, 11) is 2.62. The average molecular weight is 1050 g/mol. The Kier molecular flexibility index (Phi) is 23.8. The predicted molar refractivity (Wildman–Crippen MR) is 292 cm³/mol. The molecule has 4 atom stereocenters. The Morgan fingerprint density at radius 2 is 1.01 bits per heavy atom. The maximum Gasteiger partial charge on any atom is 0.326 e. The maximum absolute atomic E-state index is 13.9. The van der Waals surface area contributed by atoms with Gasteiger partial charge in [0.2, 0.25) is 5.91 Å². The van der Waals surface area contributed by atoms with E-state index in [0.717, 1.165) is 50.1 Å². The van der Waals surface area contributed by atoms with Gasteiger partial charge in [0.1, 0.15) is 23.7 Å². The largest absolute Gasteiger partial charge is 0.480 e. The van der Waals surface area contributed by atoms with Crippen LogP contribution >= 0.6 is 0 Å². The number of nitrogens with one attached hydrogen (secondary N) is 1. The first kappa shape index (κ1) is 62.6. The topological polar surface area (TPSA) is 215 Å². The third-order valence-corrected chi connectivity index (χ3v) is 12.3. The lowest BCUT2D eigenvalue weighted by molar-refractivity contribution is -0.142. The van der Waals surface area contributed by atoms with Gasteiger partial charge >= 0.3 is 17.9 Å². The lowest BCUT2D eigenvalue weighted by atomic mass is 9.96. The van der Waals surface area contributed by atoms with E-state index >= 15 is 0 Å². The van der Waals surface area contributed by atoms with Crippen molar-refractivity contribution in [2.75, 3.05) is 14.2 Å². The van der Waals surface area contributed by atoms with E-state index in [9.17, 15) is 37.5 Å². The first-order chi connectivity index (χ1) is 35.3. The number of carbonyl (C=O) groups excluding carboxylic acids is 3. The molecule has 17 heteroatoms. The SMILES string of the molecule is C.COC(=O)C[C@H](N)c1ccnc(-c2c(C)cc(F)cc2C)c1.COC(=O)C[C@H](NC(=O)C(CC(C)C)n1ccc(C)cc1=O)c1ccnc(-c2c(C)cc(F)cc2C)c1.Cc1ccn([C@@H](CC(C)C)C(=O)O)c(=O)c1. The van der Waals surface area contributed by atoms with Gasteiger partial charge in [0, 0.05) is 54.1 Å². The van der Waals surface area contributed by atoms with Crippen molar-refractivity contribution < 1.29 is 42.5 Å². The van der Waals surface area contributed by atoms with Crippen molar-refractivity contribution in [2.45, 2.75) is 127 Å². The highest BCUT2D eigenvalue weighted by Crippen LogP contribution is 2.31. The van der Waals surface area contributed by atoms with Crippen LogP contribution in [-0.2, 0) is 28.7 Å². The molecular formula is C59H74F2N6O9. The van der Waals surface area contributed by atoms with Crippen LogP contribution in [0.15, 0.2) is 107 Å². The summed E-state index contributed by atoms with van der Waals surface area (Å²) in [6, 6.07) is 16.7. The summed E-state index contributed by atoms with van der Waals surface area (Å²) in [5.41, 5.74) is 14.7. The number of carboxylic acids is 1. The highest BCUT2D eigenvalue weighted by atomic mass is 19.1. The van der Waals surface area contributed by atoms with Crippen molar-refractivity contribution in [1.29, 1.82) is 0 Å². The molecule has 0 aliphatic heterocycles. The number of methoxy groups -OCH3 is 2. The molecule has 4 heterocycles. The Morgan fingerprint density at radius 1 is 0.618 bits per heavy atom. The number of halogens is 2. The number of hydrogen-bond donors (Lipinski definition) is 3. The summed E-state index contributed by atoms with van der Waals surface area (Å²) >= 11 is 0. The maximum atomic E-state index is 13.9. The van der Waals surface area contributed by atoms with Crippen LogP contribution in [-0.4, -0.2) is 62.2 Å². The Labute approximate surface area is 444 Å². The molecule has 0 spiro atoms. The van der Waals surface area contributed by atoms with Crippen molar-refractivity contribution in [2.24, 2.45) is 17.6 Å². The van der Waals surface area contributed by atoms with Crippen LogP contribution in [0.5, 0.6) is 0 Å². The fourth-order valence-corrected chi connectivity index (χ4v) is 8.66. The Bertz CT molecular complexity index is 3050. The number of nitrogens with zero attached hydrogens (tertiary/aromatic N) is 4. The summed E-state index contributed by atoms with van der Waals surface area (Å²) in [6.07, 6.45) is 7.31. The van der Waals surface area contributed by atoms with Crippen molar-refractivity contribution in [1.82, 2.24) is 24.4 Å². The summed E-state index contributed by atoms with van der Waals surface area (Å²) in [5.74, 6) is -2.41. The van der Waals surface area contributed by atoms with Gasteiger partial charge in [-0.15, -0.1) is 0 Å². The van der Waals surface area contributed by atoms with Gasteiger partial charge in [-0.1, -0.05) is 35.1 Å². The number of aromatic nitrogens is 4. The molecule has 1 amide bonds. The highest BCUT2D eigenvalue weighted by Gasteiger charge is 2.28. The van der Waals surface area contributed by atoms with E-state index in [0.29, 0.717) is 29.8 Å². The van der Waals surface area contributed by atoms with Crippen LogP contribution in [0.4, 0.5) is 8.78 Å². The summed E-state index contributed by atoms with van der Waals surface area (Å²) in [6.45, 7) is 18.8. The van der Waals surface area contributed by atoms with Crippen LogP contribution in [0.3, 0.4) is 0 Å². The number of rotatable bonds is 17. The second-order valence-corrected chi connectivity index (χ2v) is 19.5. The molecular weight excluding hydrogens is 975 g/mol. The van der Waals surface area contributed by atoms with Gasteiger partial charge in [0.25, 0.3) is 11.1 Å². The third kappa shape index (κ3) is 17.7. The molecule has 6 rings (SSSR count). The molecule has 6 aromatic rings. The first-order valence-corrected chi connectivity index (χ1v) is 24.6. The van der Waals surface area contributed by atoms with E-state index in [1.54, 1.807) is 55.1 Å². The zero-order valence-electron chi connectivity index (χ0n) is 44.9. The van der Waals surface area contributed by atoms with Crippen molar-refractivity contribution in [3.05, 3.63) is 174 Å². The number of pyridine rings is 4. The zero-order valence-corrected chi connectivity index (χ0v) is 44.9. The minimum atomic E-state index is -0.959. The standard InChI is InChI=1S/C29H34FN3O4.C17H19FN2O2.C12H17NO3.CH4/c1-17(2)11-25(33-10-8-18(3)12-26(33)34)29(36)32-23(16-27(35)37-6)21-7-9-31-24(15-21)28-19(4)13-22(30)14-20(28)5;1-10-6-13(18)7-11(2)17(10)15-8-12(4-5-20-15)14(19)9-16(21)22-3;1-8(2)6-10(12(15)16)13-5-4-9(3)7-11(13)14;/h7-10,12-15,17,23,25H,11,16H2,1-6H3,(H,32,36);4-8,14H,9,19H2,1-3H3;4-5,7-8,10H,6H2,1-3H3,(H,15,16);1H4/t23-,25?;14-;10-;/m000./s1. The van der Waals surface area contributed by atoms with Crippen LogP contribution in [0.1, 0.15) is 129 Å². The van der Waals surface area contributed by atoms with Crippen molar-refractivity contribution >= 4 is 23.8 Å². The molecule has 15 nitrogen and oxygen atoms in total. The first-order valence-electron chi connectivity index (χ1n) is 24.6. The van der Waals surface area contributed by atoms with Gasteiger partial charge < -0.3 is 34.8 Å². The Balaban J connectivity index is 0.000000330. The lowest BCUT2D eigenvalue weighted by Gasteiger charge is -2.25. The van der Waals surface area contributed by atoms with Gasteiger partial charge in [-0.2, -0.15) is 0 Å². The van der Waals surface area contributed by atoms with Gasteiger partial charge in [-0.25, -0.2) is 13.6 Å². The monoisotopic (exact) mass is 1050 g/mol. The Morgan fingerprint density at radius 3 is 1.42 bits per heavy atom. The fraction of sp³-hybridized carbons (Fsp3) is 0.390. The summed E-state index contributed by atoms with van der Waals surface area (Å²) in [5, 5.41) is 12.1. The zero-order chi connectivity index (χ0) is 55.8. The molecule has 0 bridgehead atoms.